The van der Waals surface area contributed by atoms with Crippen molar-refractivity contribution >= 4 is 23.6 Å². The highest BCUT2D eigenvalue weighted by molar-refractivity contribution is 5.95. The number of carboxylic acids is 1. The molecule has 7 nitrogen and oxygen atoms in total. The number of hydrogen-bond donors (Lipinski definition) is 3. The van der Waals surface area contributed by atoms with E-state index in [9.17, 15) is 14.4 Å². The highest BCUT2D eigenvalue weighted by Crippen LogP contribution is 2.15. The van der Waals surface area contributed by atoms with Crippen molar-refractivity contribution in [3.05, 3.63) is 29.3 Å². The standard InChI is InChI=1S/C14H19N3O4/c1-4-15-12(18)8-17(3)14(21)16-10-6-5-9(2)11(7-10)13(19)20/h5-7H,4,8H2,1-3H3,(H,15,18)(H,16,21)(H,19,20). The van der Waals surface area contributed by atoms with Crippen LogP contribution in [-0.4, -0.2) is 48.1 Å². The third-order valence-electron chi connectivity index (χ3n) is 2.82. The van der Waals surface area contributed by atoms with Gasteiger partial charge in [0.2, 0.25) is 5.91 Å². The van der Waals surface area contributed by atoms with E-state index in [0.29, 0.717) is 17.8 Å². The lowest BCUT2D eigenvalue weighted by Crippen LogP contribution is -2.40. The van der Waals surface area contributed by atoms with E-state index in [1.54, 1.807) is 26.0 Å². The zero-order valence-corrected chi connectivity index (χ0v) is 12.3. The molecule has 1 rings (SSSR count). The van der Waals surface area contributed by atoms with Crippen LogP contribution in [0.25, 0.3) is 0 Å². The molecule has 0 fully saturated rings. The molecule has 7 heteroatoms. The third-order valence-corrected chi connectivity index (χ3v) is 2.82. The number of carbonyl (C=O) groups is 3. The number of hydrogen-bond acceptors (Lipinski definition) is 3. The fourth-order valence-electron chi connectivity index (χ4n) is 1.69. The molecule has 0 unspecified atom stereocenters. The van der Waals surface area contributed by atoms with Gasteiger partial charge in [-0.15, -0.1) is 0 Å². The predicted octanol–water partition coefficient (Wildman–Crippen LogP) is 1.29. The Labute approximate surface area is 122 Å². The SMILES string of the molecule is CCNC(=O)CN(C)C(=O)Nc1ccc(C)c(C(=O)O)c1. The minimum absolute atomic E-state index is 0.0721. The molecule has 3 amide bonds. The van der Waals surface area contributed by atoms with E-state index in [1.807, 2.05) is 0 Å². The van der Waals surface area contributed by atoms with Crippen molar-refractivity contribution in [2.24, 2.45) is 0 Å². The van der Waals surface area contributed by atoms with Gasteiger partial charge in [0.05, 0.1) is 5.56 Å². The van der Waals surface area contributed by atoms with Crippen LogP contribution in [0.1, 0.15) is 22.8 Å². The number of nitrogens with one attached hydrogen (secondary N) is 2. The van der Waals surface area contributed by atoms with Crippen LogP contribution >= 0.6 is 0 Å². The monoisotopic (exact) mass is 293 g/mol. The first-order valence-corrected chi connectivity index (χ1v) is 6.48. The van der Waals surface area contributed by atoms with Gasteiger partial charge in [0.25, 0.3) is 0 Å². The van der Waals surface area contributed by atoms with Gasteiger partial charge in [0, 0.05) is 19.3 Å². The summed E-state index contributed by atoms with van der Waals surface area (Å²) >= 11 is 0. The maximum atomic E-state index is 11.9. The van der Waals surface area contributed by atoms with Crippen LogP contribution in [0.15, 0.2) is 18.2 Å². The molecule has 0 aromatic heterocycles. The molecule has 0 spiro atoms. The lowest BCUT2D eigenvalue weighted by atomic mass is 10.1. The van der Waals surface area contributed by atoms with Gasteiger partial charge in [-0.3, -0.25) is 4.79 Å². The summed E-state index contributed by atoms with van der Waals surface area (Å²) in [6.07, 6.45) is 0. The van der Waals surface area contributed by atoms with Crippen LogP contribution in [0, 0.1) is 6.92 Å². The largest absolute Gasteiger partial charge is 0.478 e. The highest BCUT2D eigenvalue weighted by atomic mass is 16.4. The van der Waals surface area contributed by atoms with Crippen LogP contribution in [0.5, 0.6) is 0 Å². The summed E-state index contributed by atoms with van der Waals surface area (Å²) in [5, 5.41) is 14.2. The van der Waals surface area contributed by atoms with Gasteiger partial charge >= 0.3 is 12.0 Å². The van der Waals surface area contributed by atoms with Crippen LogP contribution in [0.3, 0.4) is 0 Å². The topological polar surface area (TPSA) is 98.7 Å². The Kier molecular flexibility index (Phi) is 5.71. The normalized spacial score (nSPS) is 9.86. The predicted molar refractivity (Wildman–Crippen MR) is 78.5 cm³/mol. The molecule has 0 saturated carbocycles. The first kappa shape index (κ1) is 16.5. The number of carboxylic acid groups (broad SMARTS) is 1. The summed E-state index contributed by atoms with van der Waals surface area (Å²) in [6.45, 7) is 3.89. The van der Waals surface area contributed by atoms with Gasteiger partial charge in [0.1, 0.15) is 6.54 Å². The first-order chi connectivity index (χ1) is 9.85. The summed E-state index contributed by atoms with van der Waals surface area (Å²) in [5.74, 6) is -1.32. The van der Waals surface area contributed by atoms with Crippen LogP contribution in [0.2, 0.25) is 0 Å². The number of aryl methyl sites for hydroxylation is 1. The molecule has 0 atom stereocenters. The number of carbonyl (C=O) groups excluding carboxylic acids is 2. The van der Waals surface area contributed by atoms with E-state index in [2.05, 4.69) is 10.6 Å². The number of benzene rings is 1. The van der Waals surface area contributed by atoms with Crippen LogP contribution < -0.4 is 10.6 Å². The minimum Gasteiger partial charge on any atom is -0.478 e. The third kappa shape index (κ3) is 4.79. The molecular formula is C14H19N3O4. The Morgan fingerprint density at radius 3 is 2.52 bits per heavy atom. The summed E-state index contributed by atoms with van der Waals surface area (Å²) in [7, 11) is 1.48. The molecule has 0 aliphatic rings. The van der Waals surface area contributed by atoms with Gasteiger partial charge in [-0.1, -0.05) is 6.07 Å². The van der Waals surface area contributed by atoms with Gasteiger partial charge in [-0.05, 0) is 31.5 Å². The van der Waals surface area contributed by atoms with Crippen LogP contribution in [-0.2, 0) is 4.79 Å². The lowest BCUT2D eigenvalue weighted by Gasteiger charge is -2.17. The fraction of sp³-hybridized carbons (Fsp3) is 0.357. The van der Waals surface area contributed by atoms with E-state index in [0.717, 1.165) is 0 Å². The number of aromatic carboxylic acids is 1. The maximum Gasteiger partial charge on any atom is 0.336 e. The lowest BCUT2D eigenvalue weighted by molar-refractivity contribution is -0.121. The molecule has 3 N–H and O–H groups in total. The van der Waals surface area contributed by atoms with E-state index in [-0.39, 0.29) is 18.0 Å². The second kappa shape index (κ2) is 7.28. The second-order valence-electron chi connectivity index (χ2n) is 4.57. The molecular weight excluding hydrogens is 274 g/mol. The van der Waals surface area contributed by atoms with E-state index >= 15 is 0 Å². The molecule has 21 heavy (non-hydrogen) atoms. The molecule has 0 saturated heterocycles. The Hall–Kier alpha value is -2.57. The Morgan fingerprint density at radius 2 is 1.95 bits per heavy atom. The second-order valence-corrected chi connectivity index (χ2v) is 4.57. The van der Waals surface area contributed by atoms with E-state index < -0.39 is 12.0 Å². The molecule has 1 aromatic rings. The average molecular weight is 293 g/mol. The van der Waals surface area contributed by atoms with Gasteiger partial charge in [0.15, 0.2) is 0 Å². The molecule has 0 radical (unpaired) electrons. The number of amides is 3. The zero-order valence-electron chi connectivity index (χ0n) is 12.3. The van der Waals surface area contributed by atoms with Crippen molar-refractivity contribution in [2.75, 3.05) is 25.5 Å². The van der Waals surface area contributed by atoms with Crippen molar-refractivity contribution in [3.63, 3.8) is 0 Å². The number of anilines is 1. The molecule has 114 valence electrons. The Morgan fingerprint density at radius 1 is 1.29 bits per heavy atom. The molecule has 1 aromatic carbocycles. The minimum atomic E-state index is -1.06. The quantitative estimate of drug-likeness (QED) is 0.762. The van der Waals surface area contributed by atoms with E-state index in [1.165, 1.54) is 18.0 Å². The molecule has 0 heterocycles. The molecule has 0 bridgehead atoms. The van der Waals surface area contributed by atoms with Crippen LogP contribution in [0.4, 0.5) is 10.5 Å². The van der Waals surface area contributed by atoms with Gasteiger partial charge in [-0.2, -0.15) is 0 Å². The summed E-state index contributed by atoms with van der Waals surface area (Å²) in [5.41, 5.74) is 1.10. The number of urea groups is 1. The molecule has 0 aliphatic carbocycles. The summed E-state index contributed by atoms with van der Waals surface area (Å²) in [4.78, 5) is 35.5. The van der Waals surface area contributed by atoms with E-state index in [4.69, 9.17) is 5.11 Å². The van der Waals surface area contributed by atoms with Crippen molar-refractivity contribution < 1.29 is 19.5 Å². The summed E-state index contributed by atoms with van der Waals surface area (Å²) < 4.78 is 0. The Balaban J connectivity index is 2.72. The van der Waals surface area contributed by atoms with Crippen molar-refractivity contribution in [1.82, 2.24) is 10.2 Å². The maximum absolute atomic E-state index is 11.9. The zero-order chi connectivity index (χ0) is 16.0. The van der Waals surface area contributed by atoms with Crippen molar-refractivity contribution in [2.45, 2.75) is 13.8 Å². The van der Waals surface area contributed by atoms with Crippen molar-refractivity contribution in [1.29, 1.82) is 0 Å². The summed E-state index contributed by atoms with van der Waals surface area (Å²) in [6, 6.07) is 4.12. The fourth-order valence-corrected chi connectivity index (χ4v) is 1.69. The van der Waals surface area contributed by atoms with Gasteiger partial charge in [-0.25, -0.2) is 9.59 Å². The highest BCUT2D eigenvalue weighted by Gasteiger charge is 2.14. The number of nitrogens with zero attached hydrogens (tertiary/aromatic N) is 1. The number of rotatable bonds is 5. The first-order valence-electron chi connectivity index (χ1n) is 6.48. The molecule has 0 aliphatic heterocycles. The number of likely N-dealkylation sites (N-methyl/N-ethyl adjacent to an activating group) is 2. The average Bonchev–Trinajstić information content (AvgIpc) is 2.40. The van der Waals surface area contributed by atoms with Gasteiger partial charge < -0.3 is 20.6 Å². The smallest absolute Gasteiger partial charge is 0.336 e. The van der Waals surface area contributed by atoms with Crippen molar-refractivity contribution in [3.8, 4) is 0 Å². The Bertz CT molecular complexity index is 557.